The summed E-state index contributed by atoms with van der Waals surface area (Å²) in [6.07, 6.45) is 2.89. The molecule has 0 saturated heterocycles. The number of hydrogen-bond donors (Lipinski definition) is 1. The molecule has 0 fully saturated rings. The Balaban J connectivity index is 2.15. The van der Waals surface area contributed by atoms with Gasteiger partial charge in [0.25, 0.3) is 0 Å². The standard InChI is InChI=1S/C7H14N4S/c1-2-12-5-3-4-11-6-7(8)9-10-11/h6H,2-5,8H2,1H3. The van der Waals surface area contributed by atoms with Gasteiger partial charge in [0.2, 0.25) is 0 Å². The topological polar surface area (TPSA) is 56.7 Å². The van der Waals surface area contributed by atoms with Gasteiger partial charge in [0, 0.05) is 6.54 Å². The predicted octanol–water partition coefficient (Wildman–Crippen LogP) is 1.00. The van der Waals surface area contributed by atoms with Crippen LogP contribution in [-0.4, -0.2) is 26.5 Å². The summed E-state index contributed by atoms with van der Waals surface area (Å²) in [7, 11) is 0. The quantitative estimate of drug-likeness (QED) is 0.697. The van der Waals surface area contributed by atoms with E-state index < -0.39 is 0 Å². The fourth-order valence-electron chi connectivity index (χ4n) is 0.896. The molecule has 68 valence electrons. The highest BCUT2D eigenvalue weighted by Gasteiger charge is 1.94. The molecule has 0 bridgehead atoms. The first-order valence-electron chi connectivity index (χ1n) is 4.06. The number of thioether (sulfide) groups is 1. The maximum Gasteiger partial charge on any atom is 0.165 e. The van der Waals surface area contributed by atoms with E-state index in [0.717, 1.165) is 13.0 Å². The maximum absolute atomic E-state index is 5.41. The highest BCUT2D eigenvalue weighted by atomic mass is 32.2. The Morgan fingerprint density at radius 2 is 2.50 bits per heavy atom. The van der Waals surface area contributed by atoms with Crippen molar-refractivity contribution in [3.8, 4) is 0 Å². The van der Waals surface area contributed by atoms with Crippen molar-refractivity contribution in [3.63, 3.8) is 0 Å². The molecule has 0 unspecified atom stereocenters. The summed E-state index contributed by atoms with van der Waals surface area (Å²) < 4.78 is 1.78. The molecule has 2 N–H and O–H groups in total. The third-order valence-electron chi connectivity index (χ3n) is 1.44. The second kappa shape index (κ2) is 5.03. The van der Waals surface area contributed by atoms with Gasteiger partial charge < -0.3 is 5.73 Å². The van der Waals surface area contributed by atoms with Gasteiger partial charge in [-0.25, -0.2) is 0 Å². The third kappa shape index (κ3) is 3.13. The molecule has 0 aliphatic carbocycles. The Morgan fingerprint density at radius 1 is 1.67 bits per heavy atom. The number of anilines is 1. The van der Waals surface area contributed by atoms with Crippen molar-refractivity contribution in [3.05, 3.63) is 6.20 Å². The van der Waals surface area contributed by atoms with Gasteiger partial charge >= 0.3 is 0 Å². The van der Waals surface area contributed by atoms with E-state index in [0.29, 0.717) is 5.82 Å². The average molecular weight is 186 g/mol. The van der Waals surface area contributed by atoms with Gasteiger partial charge in [-0.2, -0.15) is 11.8 Å². The van der Waals surface area contributed by atoms with E-state index in [1.165, 1.54) is 11.5 Å². The molecule has 0 amide bonds. The molecule has 0 spiro atoms. The summed E-state index contributed by atoms with van der Waals surface area (Å²) >= 11 is 1.94. The van der Waals surface area contributed by atoms with Crippen LogP contribution in [0.4, 0.5) is 5.82 Å². The monoisotopic (exact) mass is 186 g/mol. The van der Waals surface area contributed by atoms with Crippen molar-refractivity contribution < 1.29 is 0 Å². The van der Waals surface area contributed by atoms with Gasteiger partial charge in [0.1, 0.15) is 0 Å². The molecule has 4 nitrogen and oxygen atoms in total. The van der Waals surface area contributed by atoms with Crippen LogP contribution < -0.4 is 5.73 Å². The minimum Gasteiger partial charge on any atom is -0.381 e. The van der Waals surface area contributed by atoms with Gasteiger partial charge in [-0.3, -0.25) is 4.68 Å². The minimum atomic E-state index is 0.498. The molecule has 5 heteroatoms. The predicted molar refractivity (Wildman–Crippen MR) is 52.1 cm³/mol. The summed E-state index contributed by atoms with van der Waals surface area (Å²) in [5.74, 6) is 2.86. The Kier molecular flexibility index (Phi) is 3.93. The average Bonchev–Trinajstić information content (AvgIpc) is 2.45. The minimum absolute atomic E-state index is 0.498. The van der Waals surface area contributed by atoms with E-state index in [2.05, 4.69) is 17.2 Å². The lowest BCUT2D eigenvalue weighted by molar-refractivity contribution is 0.582. The highest BCUT2D eigenvalue weighted by Crippen LogP contribution is 2.02. The molecule has 0 aliphatic rings. The van der Waals surface area contributed by atoms with Crippen LogP contribution in [0, 0.1) is 0 Å². The number of nitrogens with two attached hydrogens (primary N) is 1. The highest BCUT2D eigenvalue weighted by molar-refractivity contribution is 7.99. The molecule has 0 radical (unpaired) electrons. The number of nitrogens with zero attached hydrogens (tertiary/aromatic N) is 3. The van der Waals surface area contributed by atoms with Crippen LogP contribution in [0.1, 0.15) is 13.3 Å². The largest absolute Gasteiger partial charge is 0.381 e. The summed E-state index contributed by atoms with van der Waals surface area (Å²) in [6, 6.07) is 0. The van der Waals surface area contributed by atoms with Crippen LogP contribution in [0.15, 0.2) is 6.20 Å². The first kappa shape index (κ1) is 9.38. The van der Waals surface area contributed by atoms with E-state index in [1.54, 1.807) is 10.9 Å². The first-order chi connectivity index (χ1) is 5.83. The second-order valence-electron chi connectivity index (χ2n) is 2.46. The number of hydrogen-bond acceptors (Lipinski definition) is 4. The second-order valence-corrected chi connectivity index (χ2v) is 3.85. The Bertz CT molecular complexity index is 223. The molecular formula is C7H14N4S. The van der Waals surface area contributed by atoms with Crippen LogP contribution in [0.2, 0.25) is 0 Å². The molecule has 1 aromatic heterocycles. The number of rotatable bonds is 5. The zero-order valence-corrected chi connectivity index (χ0v) is 8.05. The summed E-state index contributed by atoms with van der Waals surface area (Å²) in [4.78, 5) is 0. The molecule has 0 aliphatic heterocycles. The molecule has 0 aromatic carbocycles. The Labute approximate surface area is 76.5 Å². The van der Waals surface area contributed by atoms with Gasteiger partial charge in [-0.15, -0.1) is 5.10 Å². The molecule has 12 heavy (non-hydrogen) atoms. The van der Waals surface area contributed by atoms with Crippen molar-refractivity contribution in [2.24, 2.45) is 0 Å². The van der Waals surface area contributed by atoms with E-state index in [9.17, 15) is 0 Å². The smallest absolute Gasteiger partial charge is 0.165 e. The Hall–Kier alpha value is -0.710. The molecule has 1 aromatic rings. The van der Waals surface area contributed by atoms with Crippen LogP contribution in [0.25, 0.3) is 0 Å². The van der Waals surface area contributed by atoms with E-state index in [4.69, 9.17) is 5.73 Å². The number of aromatic nitrogens is 3. The lowest BCUT2D eigenvalue weighted by Crippen LogP contribution is -1.99. The summed E-state index contributed by atoms with van der Waals surface area (Å²) in [5, 5.41) is 7.55. The first-order valence-corrected chi connectivity index (χ1v) is 5.21. The summed E-state index contributed by atoms with van der Waals surface area (Å²) in [6.45, 7) is 3.08. The summed E-state index contributed by atoms with van der Waals surface area (Å²) in [5.41, 5.74) is 5.41. The number of nitrogen functional groups attached to an aromatic ring is 1. The SMILES string of the molecule is CCSCCCn1cc(N)nn1. The van der Waals surface area contributed by atoms with E-state index in [-0.39, 0.29) is 0 Å². The van der Waals surface area contributed by atoms with Gasteiger partial charge in [0.15, 0.2) is 5.82 Å². The van der Waals surface area contributed by atoms with Crippen molar-refractivity contribution >= 4 is 17.6 Å². The van der Waals surface area contributed by atoms with Crippen LogP contribution in [0.5, 0.6) is 0 Å². The Morgan fingerprint density at radius 3 is 3.08 bits per heavy atom. The molecule has 0 atom stereocenters. The number of aryl methyl sites for hydroxylation is 1. The zero-order chi connectivity index (χ0) is 8.81. The third-order valence-corrected chi connectivity index (χ3v) is 2.42. The molecular weight excluding hydrogens is 172 g/mol. The molecule has 0 saturated carbocycles. The van der Waals surface area contributed by atoms with Gasteiger partial charge in [0.05, 0.1) is 6.20 Å². The van der Waals surface area contributed by atoms with Crippen molar-refractivity contribution in [1.82, 2.24) is 15.0 Å². The van der Waals surface area contributed by atoms with E-state index in [1.807, 2.05) is 11.8 Å². The van der Waals surface area contributed by atoms with Crippen LogP contribution >= 0.6 is 11.8 Å². The zero-order valence-electron chi connectivity index (χ0n) is 7.23. The van der Waals surface area contributed by atoms with Crippen LogP contribution in [-0.2, 0) is 6.54 Å². The van der Waals surface area contributed by atoms with Gasteiger partial charge in [-0.05, 0) is 17.9 Å². The van der Waals surface area contributed by atoms with Gasteiger partial charge in [-0.1, -0.05) is 12.1 Å². The van der Waals surface area contributed by atoms with Crippen molar-refractivity contribution in [2.45, 2.75) is 19.9 Å². The maximum atomic E-state index is 5.41. The fourth-order valence-corrected chi connectivity index (χ4v) is 1.52. The van der Waals surface area contributed by atoms with E-state index >= 15 is 0 Å². The van der Waals surface area contributed by atoms with Crippen molar-refractivity contribution in [2.75, 3.05) is 17.2 Å². The van der Waals surface area contributed by atoms with Crippen LogP contribution in [0.3, 0.4) is 0 Å². The van der Waals surface area contributed by atoms with Crippen molar-refractivity contribution in [1.29, 1.82) is 0 Å². The lowest BCUT2D eigenvalue weighted by atomic mass is 10.5. The molecule has 1 heterocycles. The normalized spacial score (nSPS) is 10.4. The lowest BCUT2D eigenvalue weighted by Gasteiger charge is -1.98. The molecule has 1 rings (SSSR count). The fraction of sp³-hybridized carbons (Fsp3) is 0.714.